The van der Waals surface area contributed by atoms with Gasteiger partial charge in [0.2, 0.25) is 5.91 Å². The van der Waals surface area contributed by atoms with Crippen LogP contribution in [-0.2, 0) is 4.79 Å². The summed E-state index contributed by atoms with van der Waals surface area (Å²) in [6, 6.07) is 9.65. The second-order valence-electron chi connectivity index (χ2n) is 5.68. The van der Waals surface area contributed by atoms with Crippen LogP contribution >= 0.6 is 0 Å². The normalized spacial score (nSPS) is 26.0. The smallest absolute Gasteiger partial charge is 0.240 e. The topological polar surface area (TPSA) is 62.1 Å². The molecule has 20 heavy (non-hydrogen) atoms. The molecule has 0 bridgehead atoms. The highest BCUT2D eigenvalue weighted by molar-refractivity contribution is 5.86. The number of carbonyl (C=O) groups is 1. The summed E-state index contributed by atoms with van der Waals surface area (Å²) >= 11 is 0. The van der Waals surface area contributed by atoms with Crippen LogP contribution in [0.4, 0.5) is 0 Å². The lowest BCUT2D eigenvalue weighted by molar-refractivity contribution is -0.134. The number of nitrogens with one attached hydrogen (secondary N) is 1. The van der Waals surface area contributed by atoms with Crippen molar-refractivity contribution in [2.45, 2.75) is 32.7 Å². The van der Waals surface area contributed by atoms with Gasteiger partial charge in [0, 0.05) is 0 Å². The summed E-state index contributed by atoms with van der Waals surface area (Å²) in [5, 5.41) is 12.2. The molecule has 0 aliphatic heterocycles. The maximum Gasteiger partial charge on any atom is 0.240 e. The molecule has 106 valence electrons. The van der Waals surface area contributed by atoms with Crippen LogP contribution in [0.3, 0.4) is 0 Å². The predicted molar refractivity (Wildman–Crippen MR) is 76.0 cm³/mol. The van der Waals surface area contributed by atoms with Gasteiger partial charge in [-0.3, -0.25) is 4.79 Å². The Morgan fingerprint density at radius 2 is 2.05 bits per heavy atom. The third-order valence-electron chi connectivity index (χ3n) is 4.01. The molecule has 1 aliphatic carbocycles. The fourth-order valence-electron chi connectivity index (χ4n) is 2.77. The number of amides is 1. The summed E-state index contributed by atoms with van der Waals surface area (Å²) in [6.45, 7) is 3.99. The first-order valence-corrected chi connectivity index (χ1v) is 6.87. The lowest BCUT2D eigenvalue weighted by Gasteiger charge is -2.39. The summed E-state index contributed by atoms with van der Waals surface area (Å²) in [7, 11) is 1.62. The van der Waals surface area contributed by atoms with Crippen LogP contribution in [0, 0.1) is 22.7 Å². The maximum atomic E-state index is 12.3. The zero-order valence-electron chi connectivity index (χ0n) is 12.1. The largest absolute Gasteiger partial charge is 0.497 e. The molecule has 0 spiro atoms. The highest BCUT2D eigenvalue weighted by Gasteiger charge is 2.49. The van der Waals surface area contributed by atoms with Crippen LogP contribution in [-0.4, -0.2) is 13.0 Å². The highest BCUT2D eigenvalue weighted by atomic mass is 16.5. The van der Waals surface area contributed by atoms with Gasteiger partial charge in [-0.15, -0.1) is 0 Å². The molecule has 2 rings (SSSR count). The minimum atomic E-state index is -0.819. The molecule has 0 heterocycles. The van der Waals surface area contributed by atoms with Gasteiger partial charge in [0.05, 0.1) is 19.2 Å². The Labute approximate surface area is 119 Å². The van der Waals surface area contributed by atoms with Crippen molar-refractivity contribution in [3.8, 4) is 11.8 Å². The number of methoxy groups -OCH3 is 1. The summed E-state index contributed by atoms with van der Waals surface area (Å²) < 4.78 is 5.11. The third kappa shape index (κ3) is 2.62. The number of nitrogens with zero attached hydrogens (tertiary/aromatic N) is 1. The molecule has 4 heteroatoms. The molecule has 1 N–H and O–H groups in total. The summed E-state index contributed by atoms with van der Waals surface area (Å²) in [5.41, 5.74) is 0.180. The van der Waals surface area contributed by atoms with E-state index in [-0.39, 0.29) is 11.9 Å². The molecule has 1 aromatic rings. The lowest BCUT2D eigenvalue weighted by Crippen LogP contribution is -2.48. The number of carbonyl (C=O) groups excluding carboxylic acids is 1. The average molecular weight is 272 g/mol. The number of ether oxygens (including phenoxy) is 1. The molecule has 1 fully saturated rings. The van der Waals surface area contributed by atoms with Crippen molar-refractivity contribution in [3.05, 3.63) is 29.8 Å². The lowest BCUT2D eigenvalue weighted by atomic mass is 9.63. The van der Waals surface area contributed by atoms with E-state index >= 15 is 0 Å². The summed E-state index contributed by atoms with van der Waals surface area (Å²) in [6.07, 6.45) is 1.31. The van der Waals surface area contributed by atoms with Crippen molar-refractivity contribution < 1.29 is 9.53 Å². The Morgan fingerprint density at radius 1 is 1.45 bits per heavy atom. The minimum absolute atomic E-state index is 0.116. The summed E-state index contributed by atoms with van der Waals surface area (Å²) in [4.78, 5) is 12.3. The van der Waals surface area contributed by atoms with E-state index in [0.717, 1.165) is 11.3 Å². The first-order valence-electron chi connectivity index (χ1n) is 6.87. The first-order chi connectivity index (χ1) is 9.50. The Kier molecular flexibility index (Phi) is 3.99. The molecule has 4 nitrogen and oxygen atoms in total. The number of benzene rings is 1. The molecule has 1 unspecified atom stereocenters. The number of rotatable bonds is 4. The second kappa shape index (κ2) is 5.54. The van der Waals surface area contributed by atoms with E-state index in [1.165, 1.54) is 0 Å². The van der Waals surface area contributed by atoms with Crippen molar-refractivity contribution in [1.29, 1.82) is 5.26 Å². The van der Waals surface area contributed by atoms with E-state index in [9.17, 15) is 10.1 Å². The fourth-order valence-corrected chi connectivity index (χ4v) is 2.77. The molecule has 1 atom stereocenters. The molecule has 1 amide bonds. The predicted octanol–water partition coefficient (Wildman–Crippen LogP) is 2.81. The number of hydrogen-bond donors (Lipinski definition) is 1. The molecule has 0 radical (unpaired) electrons. The molecular weight excluding hydrogens is 252 g/mol. The van der Waals surface area contributed by atoms with E-state index in [1.807, 2.05) is 31.2 Å². The van der Waals surface area contributed by atoms with E-state index in [1.54, 1.807) is 7.11 Å². The van der Waals surface area contributed by atoms with Gasteiger partial charge in [0.15, 0.2) is 0 Å². The molecule has 1 aromatic carbocycles. The van der Waals surface area contributed by atoms with Gasteiger partial charge >= 0.3 is 0 Å². The maximum absolute atomic E-state index is 12.3. The number of nitriles is 1. The van der Waals surface area contributed by atoms with E-state index in [0.29, 0.717) is 18.8 Å². The van der Waals surface area contributed by atoms with Gasteiger partial charge in [-0.05, 0) is 43.4 Å². The van der Waals surface area contributed by atoms with Crippen LogP contribution in [0.15, 0.2) is 24.3 Å². The van der Waals surface area contributed by atoms with Crippen LogP contribution in [0.1, 0.15) is 38.3 Å². The molecule has 1 aliphatic rings. The van der Waals surface area contributed by atoms with Gasteiger partial charge in [-0.2, -0.15) is 5.26 Å². The van der Waals surface area contributed by atoms with Gasteiger partial charge in [-0.25, -0.2) is 0 Å². The van der Waals surface area contributed by atoms with Crippen LogP contribution in [0.2, 0.25) is 0 Å². The zero-order valence-corrected chi connectivity index (χ0v) is 12.1. The van der Waals surface area contributed by atoms with E-state index < -0.39 is 5.41 Å². The van der Waals surface area contributed by atoms with Crippen molar-refractivity contribution in [3.63, 3.8) is 0 Å². The van der Waals surface area contributed by atoms with Gasteiger partial charge in [-0.1, -0.05) is 19.1 Å². The fraction of sp³-hybridized carbons (Fsp3) is 0.500. The van der Waals surface area contributed by atoms with Gasteiger partial charge in [0.1, 0.15) is 11.2 Å². The average Bonchev–Trinajstić information content (AvgIpc) is 2.43. The quantitative estimate of drug-likeness (QED) is 0.916. The number of hydrogen-bond acceptors (Lipinski definition) is 3. The van der Waals surface area contributed by atoms with Crippen molar-refractivity contribution in [2.75, 3.05) is 7.11 Å². The minimum Gasteiger partial charge on any atom is -0.497 e. The Hall–Kier alpha value is -2.02. The molecular formula is C16H20N2O2. The molecule has 0 aromatic heterocycles. The first kappa shape index (κ1) is 14.4. The van der Waals surface area contributed by atoms with Gasteiger partial charge in [0.25, 0.3) is 0 Å². The van der Waals surface area contributed by atoms with Gasteiger partial charge < -0.3 is 10.1 Å². The van der Waals surface area contributed by atoms with Crippen LogP contribution in [0.25, 0.3) is 0 Å². The second-order valence-corrected chi connectivity index (χ2v) is 5.68. The van der Waals surface area contributed by atoms with E-state index in [2.05, 4.69) is 18.3 Å². The zero-order chi connectivity index (χ0) is 14.8. The highest BCUT2D eigenvalue weighted by Crippen LogP contribution is 2.45. The summed E-state index contributed by atoms with van der Waals surface area (Å²) in [5.74, 6) is 1.09. The molecule has 0 saturated heterocycles. The Bertz CT molecular complexity index is 524. The molecule has 1 saturated carbocycles. The Morgan fingerprint density at radius 3 is 2.50 bits per heavy atom. The van der Waals surface area contributed by atoms with Crippen molar-refractivity contribution in [2.24, 2.45) is 11.3 Å². The van der Waals surface area contributed by atoms with Crippen LogP contribution in [0.5, 0.6) is 5.75 Å². The van der Waals surface area contributed by atoms with Crippen molar-refractivity contribution in [1.82, 2.24) is 5.32 Å². The Balaban J connectivity index is 2.02. The van der Waals surface area contributed by atoms with Crippen LogP contribution < -0.4 is 10.1 Å². The monoisotopic (exact) mass is 272 g/mol. The van der Waals surface area contributed by atoms with Crippen molar-refractivity contribution >= 4 is 5.91 Å². The SMILES string of the molecule is COc1ccc(C(C)NC(=O)C2(C#N)CC(C)C2)cc1. The third-order valence-corrected chi connectivity index (χ3v) is 4.01. The van der Waals surface area contributed by atoms with E-state index in [4.69, 9.17) is 4.74 Å². The standard InChI is InChI=1S/C16H20N2O2/c1-11-8-16(9-11,10-17)15(19)18-12(2)13-4-6-14(20-3)7-5-13/h4-7,11-12H,8-9H2,1-3H3,(H,18,19).